The van der Waals surface area contributed by atoms with Gasteiger partial charge in [0, 0.05) is 25.8 Å². The van der Waals surface area contributed by atoms with Gasteiger partial charge in [0.05, 0.1) is 11.3 Å². The van der Waals surface area contributed by atoms with Gasteiger partial charge in [-0.1, -0.05) is 27.7 Å². The van der Waals surface area contributed by atoms with Crippen molar-refractivity contribution in [3.8, 4) is 0 Å². The van der Waals surface area contributed by atoms with Gasteiger partial charge in [-0.15, -0.1) is 0 Å². The van der Waals surface area contributed by atoms with Gasteiger partial charge in [-0.3, -0.25) is 19.2 Å². The fourth-order valence-electron chi connectivity index (χ4n) is 4.69. The van der Waals surface area contributed by atoms with Gasteiger partial charge in [0.2, 0.25) is 0 Å². The van der Waals surface area contributed by atoms with Crippen molar-refractivity contribution in [3.63, 3.8) is 0 Å². The summed E-state index contributed by atoms with van der Waals surface area (Å²) in [7, 11) is 0. The highest BCUT2D eigenvalue weighted by Gasteiger charge is 2.22. The van der Waals surface area contributed by atoms with E-state index in [1.165, 1.54) is 12.8 Å². The van der Waals surface area contributed by atoms with Crippen molar-refractivity contribution in [3.05, 3.63) is 35.3 Å². The molecular formula is C30H49N5O6. The highest BCUT2D eigenvalue weighted by Crippen LogP contribution is 2.19. The zero-order chi connectivity index (χ0) is 30.8. The number of rotatable bonds is 13. The van der Waals surface area contributed by atoms with Gasteiger partial charge >= 0.3 is 0 Å². The summed E-state index contributed by atoms with van der Waals surface area (Å²) in [6.07, 6.45) is 8.14. The van der Waals surface area contributed by atoms with Crippen LogP contribution < -0.4 is 5.32 Å². The van der Waals surface area contributed by atoms with E-state index in [4.69, 9.17) is 19.8 Å². The Labute approximate surface area is 243 Å². The SMILES string of the molecule is CCNC(=O)c1nc2ccc(C(=O)N(CCC(C)C)CCC(C)C)cn2c1CCCN1CCCC1.O=CO.O=CO. The number of nitrogens with one attached hydrogen (secondary N) is 1. The molecule has 1 aliphatic rings. The third kappa shape index (κ3) is 12.3. The number of aromatic nitrogens is 2. The average Bonchev–Trinajstić information content (AvgIpc) is 3.57. The number of fused-ring (bicyclic) bond motifs is 1. The number of carbonyl (C=O) groups is 4. The number of carboxylic acid groups (broad SMARTS) is 2. The van der Waals surface area contributed by atoms with E-state index in [0.717, 1.165) is 69.7 Å². The molecule has 0 bridgehead atoms. The fourth-order valence-corrected chi connectivity index (χ4v) is 4.69. The minimum atomic E-state index is -0.250. The van der Waals surface area contributed by atoms with Crippen LogP contribution in [0.5, 0.6) is 0 Å². The van der Waals surface area contributed by atoms with Crippen molar-refractivity contribution >= 4 is 30.4 Å². The number of imidazole rings is 1. The third-order valence-electron chi connectivity index (χ3n) is 6.84. The Kier molecular flexibility index (Phi) is 17.0. The Hall–Kier alpha value is -3.47. The summed E-state index contributed by atoms with van der Waals surface area (Å²) in [5.41, 5.74) is 2.76. The number of nitrogens with zero attached hydrogens (tertiary/aromatic N) is 4. The van der Waals surface area contributed by atoms with E-state index in [2.05, 4.69) is 42.9 Å². The molecule has 0 unspecified atom stereocenters. The molecule has 11 nitrogen and oxygen atoms in total. The van der Waals surface area contributed by atoms with Gasteiger partial charge in [-0.05, 0) is 89.1 Å². The molecule has 11 heteroatoms. The first-order chi connectivity index (χ1) is 19.6. The van der Waals surface area contributed by atoms with Crippen molar-refractivity contribution in [2.24, 2.45) is 11.8 Å². The fraction of sp³-hybridized carbons (Fsp3) is 0.633. The molecule has 3 rings (SSSR count). The Morgan fingerprint density at radius 3 is 2.10 bits per heavy atom. The van der Waals surface area contributed by atoms with Crippen molar-refractivity contribution in [2.75, 3.05) is 39.3 Å². The van der Waals surface area contributed by atoms with Gasteiger partial charge in [0.15, 0.2) is 0 Å². The topological polar surface area (TPSA) is 145 Å². The van der Waals surface area contributed by atoms with Gasteiger partial charge in [0.1, 0.15) is 11.3 Å². The van der Waals surface area contributed by atoms with E-state index in [1.807, 2.05) is 34.6 Å². The summed E-state index contributed by atoms with van der Waals surface area (Å²) in [5, 5.41) is 16.7. The molecule has 0 aliphatic carbocycles. The van der Waals surface area contributed by atoms with Gasteiger partial charge in [-0.2, -0.15) is 0 Å². The first-order valence-electron chi connectivity index (χ1n) is 14.6. The molecule has 3 N–H and O–H groups in total. The summed E-state index contributed by atoms with van der Waals surface area (Å²) < 4.78 is 1.98. The lowest BCUT2D eigenvalue weighted by Gasteiger charge is -2.24. The van der Waals surface area contributed by atoms with Crippen molar-refractivity contribution in [1.82, 2.24) is 24.5 Å². The average molecular weight is 576 g/mol. The molecule has 230 valence electrons. The minimum absolute atomic E-state index is 0.0597. The van der Waals surface area contributed by atoms with E-state index < -0.39 is 0 Å². The second-order valence-electron chi connectivity index (χ2n) is 10.9. The molecule has 41 heavy (non-hydrogen) atoms. The van der Waals surface area contributed by atoms with Crippen LogP contribution in [0.4, 0.5) is 0 Å². The Bertz CT molecular complexity index is 1060. The molecule has 2 aromatic rings. The number of aryl methyl sites for hydroxylation is 1. The summed E-state index contributed by atoms with van der Waals surface area (Å²) >= 11 is 0. The van der Waals surface area contributed by atoms with E-state index in [0.29, 0.717) is 29.6 Å². The van der Waals surface area contributed by atoms with Gasteiger partial charge in [-0.25, -0.2) is 4.98 Å². The lowest BCUT2D eigenvalue weighted by molar-refractivity contribution is -0.123. The highest BCUT2D eigenvalue weighted by molar-refractivity contribution is 5.96. The Morgan fingerprint density at radius 1 is 1.02 bits per heavy atom. The van der Waals surface area contributed by atoms with E-state index in [1.54, 1.807) is 0 Å². The third-order valence-corrected chi connectivity index (χ3v) is 6.84. The largest absolute Gasteiger partial charge is 0.483 e. The quantitative estimate of drug-likeness (QED) is 0.304. The molecule has 0 atom stereocenters. The van der Waals surface area contributed by atoms with E-state index in [-0.39, 0.29) is 24.8 Å². The van der Waals surface area contributed by atoms with Crippen LogP contribution in [0.3, 0.4) is 0 Å². The second kappa shape index (κ2) is 19.6. The first-order valence-corrected chi connectivity index (χ1v) is 14.6. The maximum absolute atomic E-state index is 13.6. The first kappa shape index (κ1) is 35.6. The molecule has 0 spiro atoms. The molecule has 1 aliphatic heterocycles. The molecule has 3 heterocycles. The summed E-state index contributed by atoms with van der Waals surface area (Å²) in [6, 6.07) is 3.74. The highest BCUT2D eigenvalue weighted by atomic mass is 16.3. The number of likely N-dealkylation sites (tertiary alicyclic amines) is 1. The van der Waals surface area contributed by atoms with Gasteiger partial charge in [0.25, 0.3) is 24.8 Å². The van der Waals surface area contributed by atoms with Crippen molar-refractivity contribution in [2.45, 2.75) is 73.1 Å². The van der Waals surface area contributed by atoms with Crippen LogP contribution in [0.25, 0.3) is 5.65 Å². The normalized spacial score (nSPS) is 12.9. The van der Waals surface area contributed by atoms with Crippen LogP contribution in [-0.4, -0.2) is 93.4 Å². The van der Waals surface area contributed by atoms with E-state index in [9.17, 15) is 9.59 Å². The minimum Gasteiger partial charge on any atom is -0.483 e. The maximum Gasteiger partial charge on any atom is 0.290 e. The predicted octanol–water partition coefficient (Wildman–Crippen LogP) is 4.05. The summed E-state index contributed by atoms with van der Waals surface area (Å²) in [6.45, 7) is 15.6. The van der Waals surface area contributed by atoms with Gasteiger partial charge < -0.3 is 29.7 Å². The molecular weight excluding hydrogens is 526 g/mol. The van der Waals surface area contributed by atoms with Crippen LogP contribution in [0, 0.1) is 11.8 Å². The predicted molar refractivity (Wildman–Crippen MR) is 159 cm³/mol. The second-order valence-corrected chi connectivity index (χ2v) is 10.9. The van der Waals surface area contributed by atoms with Crippen molar-refractivity contribution in [1.29, 1.82) is 0 Å². The zero-order valence-corrected chi connectivity index (χ0v) is 25.3. The van der Waals surface area contributed by atoms with E-state index >= 15 is 0 Å². The molecule has 0 radical (unpaired) electrons. The van der Waals surface area contributed by atoms with Crippen molar-refractivity contribution < 1.29 is 29.4 Å². The van der Waals surface area contributed by atoms with Crippen LogP contribution >= 0.6 is 0 Å². The summed E-state index contributed by atoms with van der Waals surface area (Å²) in [5.74, 6) is 1.00. The smallest absolute Gasteiger partial charge is 0.290 e. The molecule has 0 aromatic carbocycles. The molecule has 1 fully saturated rings. The zero-order valence-electron chi connectivity index (χ0n) is 25.3. The monoisotopic (exact) mass is 575 g/mol. The molecule has 0 saturated carbocycles. The molecule has 2 amide bonds. The number of hydrogen-bond donors (Lipinski definition) is 3. The maximum atomic E-state index is 13.6. The Balaban J connectivity index is 0.00000129. The molecule has 2 aromatic heterocycles. The van der Waals surface area contributed by atoms with Crippen LogP contribution in [0.15, 0.2) is 18.3 Å². The van der Waals surface area contributed by atoms with Crippen LogP contribution in [0.1, 0.15) is 93.3 Å². The van der Waals surface area contributed by atoms with Crippen LogP contribution in [-0.2, 0) is 16.0 Å². The number of hydrogen-bond acceptors (Lipinski definition) is 6. The standard InChI is InChI=1S/C28H45N5O2.2CH2O2/c1-6-29-27(34)26-24(10-9-17-31-15-7-8-16-31)33-20-23(11-12-25(33)30-26)28(35)32(18-13-21(2)3)19-14-22(4)5;2*2-1-3/h11-12,20-22H,6-10,13-19H2,1-5H3,(H,29,34);2*1H,(H,2,3). The summed E-state index contributed by atoms with van der Waals surface area (Å²) in [4.78, 5) is 52.2. The number of pyridine rings is 1. The lowest BCUT2D eigenvalue weighted by Crippen LogP contribution is -2.34. The Morgan fingerprint density at radius 2 is 1.59 bits per heavy atom. The number of amides is 2. The van der Waals surface area contributed by atoms with Crippen LogP contribution in [0.2, 0.25) is 0 Å². The number of carbonyl (C=O) groups excluding carboxylic acids is 2. The lowest BCUT2D eigenvalue weighted by atomic mass is 10.1. The molecule has 1 saturated heterocycles.